The van der Waals surface area contributed by atoms with Gasteiger partial charge < -0.3 is 20.2 Å². The smallest absolute Gasteiger partial charge is 0.306 e. The Kier molecular flexibility index (Phi) is 5.28. The van der Waals surface area contributed by atoms with Gasteiger partial charge in [0.15, 0.2) is 18.1 Å². The molecule has 3 N–H and O–H groups in total. The predicted octanol–water partition coefficient (Wildman–Crippen LogP) is 2.10. The van der Waals surface area contributed by atoms with Crippen LogP contribution in [0.1, 0.15) is 22.7 Å². The molecule has 2 heterocycles. The molecule has 0 spiro atoms. The standard InChI is InChI=1S/C17H15N3O5S/c18-16(23)10-7-8-26-17(10)20-13(21)9-24-15(22)6-5-14-19-11-3-1-2-4-12(11)25-14/h1-4,7-8H,5-6,9H2,(H2,18,23)(H,20,21). The molecular weight excluding hydrogens is 358 g/mol. The molecule has 2 aromatic heterocycles. The van der Waals surface area contributed by atoms with Gasteiger partial charge in [-0.05, 0) is 23.6 Å². The summed E-state index contributed by atoms with van der Waals surface area (Å²) in [7, 11) is 0. The second kappa shape index (κ2) is 7.79. The van der Waals surface area contributed by atoms with Crippen LogP contribution in [-0.4, -0.2) is 29.4 Å². The SMILES string of the molecule is NC(=O)c1ccsc1NC(=O)COC(=O)CCc1nc2ccccc2o1. The highest BCUT2D eigenvalue weighted by molar-refractivity contribution is 7.14. The Morgan fingerprint density at radius 2 is 2.04 bits per heavy atom. The van der Waals surface area contributed by atoms with Crippen molar-refractivity contribution in [3.63, 3.8) is 0 Å². The van der Waals surface area contributed by atoms with Crippen LogP contribution < -0.4 is 11.1 Å². The average Bonchev–Trinajstić information content (AvgIpc) is 3.24. The van der Waals surface area contributed by atoms with E-state index in [1.165, 1.54) is 6.07 Å². The minimum atomic E-state index is -0.642. The lowest BCUT2D eigenvalue weighted by Gasteiger charge is -2.05. The topological polar surface area (TPSA) is 125 Å². The second-order valence-electron chi connectivity index (χ2n) is 5.31. The molecule has 8 nitrogen and oxygen atoms in total. The van der Waals surface area contributed by atoms with Gasteiger partial charge in [0.2, 0.25) is 0 Å². The van der Waals surface area contributed by atoms with Crippen LogP contribution in [0.5, 0.6) is 0 Å². The van der Waals surface area contributed by atoms with Crippen molar-refractivity contribution in [3.8, 4) is 0 Å². The Bertz CT molecular complexity index is 929. The average molecular weight is 373 g/mol. The van der Waals surface area contributed by atoms with E-state index in [1.54, 1.807) is 11.4 Å². The molecule has 0 bridgehead atoms. The fourth-order valence-corrected chi connectivity index (χ4v) is 3.03. The fourth-order valence-electron chi connectivity index (χ4n) is 2.22. The highest BCUT2D eigenvalue weighted by Gasteiger charge is 2.14. The summed E-state index contributed by atoms with van der Waals surface area (Å²) in [6.07, 6.45) is 0.303. The molecule has 0 aliphatic carbocycles. The Labute approximate surface area is 152 Å². The number of esters is 1. The Balaban J connectivity index is 1.45. The van der Waals surface area contributed by atoms with E-state index in [9.17, 15) is 14.4 Å². The van der Waals surface area contributed by atoms with Crippen LogP contribution in [0.25, 0.3) is 11.1 Å². The number of aromatic nitrogens is 1. The van der Waals surface area contributed by atoms with Crippen LogP contribution in [0.3, 0.4) is 0 Å². The minimum absolute atomic E-state index is 0.0334. The number of fused-ring (bicyclic) bond motifs is 1. The summed E-state index contributed by atoms with van der Waals surface area (Å²) < 4.78 is 10.4. The summed E-state index contributed by atoms with van der Waals surface area (Å²) in [6, 6.07) is 8.80. The van der Waals surface area contributed by atoms with Crippen molar-refractivity contribution in [1.82, 2.24) is 4.98 Å². The first-order chi connectivity index (χ1) is 12.5. The predicted molar refractivity (Wildman–Crippen MR) is 94.8 cm³/mol. The van der Waals surface area contributed by atoms with Crippen molar-refractivity contribution in [2.24, 2.45) is 5.73 Å². The summed E-state index contributed by atoms with van der Waals surface area (Å²) in [5.74, 6) is -1.32. The number of benzene rings is 1. The van der Waals surface area contributed by atoms with Crippen LogP contribution in [0.2, 0.25) is 0 Å². The monoisotopic (exact) mass is 373 g/mol. The number of nitrogens with zero attached hydrogens (tertiary/aromatic N) is 1. The van der Waals surface area contributed by atoms with Gasteiger partial charge in [0.05, 0.1) is 12.0 Å². The third-order valence-corrected chi connectivity index (χ3v) is 4.26. The molecule has 2 amide bonds. The number of nitrogens with two attached hydrogens (primary N) is 1. The molecule has 0 fully saturated rings. The lowest BCUT2D eigenvalue weighted by molar-refractivity contribution is -0.147. The number of hydrogen-bond donors (Lipinski definition) is 2. The zero-order chi connectivity index (χ0) is 18.5. The highest BCUT2D eigenvalue weighted by atomic mass is 32.1. The summed E-state index contributed by atoms with van der Waals surface area (Å²) in [6.45, 7) is -0.456. The summed E-state index contributed by atoms with van der Waals surface area (Å²) >= 11 is 1.16. The van der Waals surface area contributed by atoms with Crippen molar-refractivity contribution in [2.75, 3.05) is 11.9 Å². The number of hydrogen-bond acceptors (Lipinski definition) is 7. The number of rotatable bonds is 7. The van der Waals surface area contributed by atoms with Gasteiger partial charge in [0.1, 0.15) is 10.5 Å². The molecule has 0 saturated heterocycles. The van der Waals surface area contributed by atoms with Crippen molar-refractivity contribution in [1.29, 1.82) is 0 Å². The van der Waals surface area contributed by atoms with Crippen LogP contribution in [0, 0.1) is 0 Å². The number of carbonyl (C=O) groups excluding carboxylic acids is 3. The van der Waals surface area contributed by atoms with E-state index in [2.05, 4.69) is 10.3 Å². The zero-order valence-corrected chi connectivity index (χ0v) is 14.4. The van der Waals surface area contributed by atoms with Crippen molar-refractivity contribution in [2.45, 2.75) is 12.8 Å². The number of para-hydroxylation sites is 2. The van der Waals surface area contributed by atoms with Gasteiger partial charge in [-0.2, -0.15) is 0 Å². The molecule has 0 atom stereocenters. The molecule has 9 heteroatoms. The molecule has 0 aliphatic rings. The van der Waals surface area contributed by atoms with Gasteiger partial charge in [-0.25, -0.2) is 4.98 Å². The van der Waals surface area contributed by atoms with Crippen LogP contribution >= 0.6 is 11.3 Å². The van der Waals surface area contributed by atoms with Gasteiger partial charge in [0.25, 0.3) is 11.8 Å². The van der Waals surface area contributed by atoms with Crippen molar-refractivity contribution < 1.29 is 23.5 Å². The Morgan fingerprint density at radius 1 is 1.23 bits per heavy atom. The molecule has 134 valence electrons. The number of oxazole rings is 1. The molecule has 0 radical (unpaired) electrons. The maximum atomic E-state index is 11.8. The summed E-state index contributed by atoms with van der Waals surface area (Å²) in [5, 5.41) is 4.44. The van der Waals surface area contributed by atoms with Gasteiger partial charge in [0, 0.05) is 6.42 Å². The lowest BCUT2D eigenvalue weighted by atomic mass is 10.3. The van der Waals surface area contributed by atoms with Crippen LogP contribution in [0.4, 0.5) is 5.00 Å². The third-order valence-electron chi connectivity index (χ3n) is 3.43. The van der Waals surface area contributed by atoms with Gasteiger partial charge in [-0.3, -0.25) is 14.4 Å². The van der Waals surface area contributed by atoms with Gasteiger partial charge in [-0.1, -0.05) is 12.1 Å². The quantitative estimate of drug-likeness (QED) is 0.611. The van der Waals surface area contributed by atoms with Gasteiger partial charge in [-0.15, -0.1) is 11.3 Å². The molecular formula is C17H15N3O5S. The van der Waals surface area contributed by atoms with Crippen molar-refractivity contribution in [3.05, 3.63) is 47.2 Å². The van der Waals surface area contributed by atoms with E-state index in [4.69, 9.17) is 14.9 Å². The maximum absolute atomic E-state index is 11.8. The van der Waals surface area contributed by atoms with E-state index in [-0.39, 0.29) is 18.4 Å². The lowest BCUT2D eigenvalue weighted by Crippen LogP contribution is -2.22. The maximum Gasteiger partial charge on any atom is 0.306 e. The van der Waals surface area contributed by atoms with E-state index in [0.29, 0.717) is 16.5 Å². The number of thiophene rings is 1. The molecule has 26 heavy (non-hydrogen) atoms. The third kappa shape index (κ3) is 4.25. The number of anilines is 1. The minimum Gasteiger partial charge on any atom is -0.456 e. The Hall–Kier alpha value is -3.20. The zero-order valence-electron chi connectivity index (χ0n) is 13.6. The second-order valence-corrected chi connectivity index (χ2v) is 6.23. The number of aryl methyl sites for hydroxylation is 1. The van der Waals surface area contributed by atoms with E-state index in [0.717, 1.165) is 16.9 Å². The molecule has 0 unspecified atom stereocenters. The highest BCUT2D eigenvalue weighted by Crippen LogP contribution is 2.22. The number of ether oxygens (including phenoxy) is 1. The van der Waals surface area contributed by atoms with E-state index in [1.807, 2.05) is 18.2 Å². The molecule has 0 aliphatic heterocycles. The molecule has 0 saturated carbocycles. The first-order valence-corrected chi connectivity index (χ1v) is 8.58. The first-order valence-electron chi connectivity index (χ1n) is 7.70. The fraction of sp³-hybridized carbons (Fsp3) is 0.176. The van der Waals surface area contributed by atoms with E-state index >= 15 is 0 Å². The van der Waals surface area contributed by atoms with Crippen LogP contribution in [-0.2, 0) is 20.7 Å². The molecule has 1 aromatic carbocycles. The number of amides is 2. The molecule has 3 rings (SSSR count). The van der Waals surface area contributed by atoms with Crippen LogP contribution in [0.15, 0.2) is 40.1 Å². The number of primary amides is 1. The van der Waals surface area contributed by atoms with E-state index < -0.39 is 24.4 Å². The summed E-state index contributed by atoms with van der Waals surface area (Å²) in [4.78, 5) is 39.0. The normalized spacial score (nSPS) is 10.6. The molecule has 3 aromatic rings. The summed E-state index contributed by atoms with van der Waals surface area (Å²) in [5.41, 5.74) is 6.78. The number of carbonyl (C=O) groups is 3. The Morgan fingerprint density at radius 3 is 2.81 bits per heavy atom. The largest absolute Gasteiger partial charge is 0.456 e. The van der Waals surface area contributed by atoms with Gasteiger partial charge >= 0.3 is 5.97 Å². The van der Waals surface area contributed by atoms with Crippen molar-refractivity contribution >= 4 is 45.2 Å². The first kappa shape index (κ1) is 17.6. The number of nitrogens with one attached hydrogen (secondary N) is 1.